The van der Waals surface area contributed by atoms with Crippen molar-refractivity contribution in [1.29, 1.82) is 0 Å². The van der Waals surface area contributed by atoms with Crippen LogP contribution < -0.4 is 5.32 Å². The first kappa shape index (κ1) is 17.6. The largest absolute Gasteiger partial charge is 0.322 e. The topological polar surface area (TPSA) is 82.6 Å². The van der Waals surface area contributed by atoms with E-state index in [1.165, 1.54) is 9.80 Å². The maximum atomic E-state index is 12.3. The van der Waals surface area contributed by atoms with Crippen molar-refractivity contribution in [3.8, 4) is 0 Å². The molecule has 0 saturated carbocycles. The van der Waals surface area contributed by atoms with Gasteiger partial charge in [0.05, 0.1) is 18.8 Å². The summed E-state index contributed by atoms with van der Waals surface area (Å²) in [7, 11) is 1.70. The Hall–Kier alpha value is -3.22. The van der Waals surface area contributed by atoms with Gasteiger partial charge in [0.2, 0.25) is 11.8 Å². The van der Waals surface area contributed by atoms with E-state index in [-0.39, 0.29) is 37.2 Å². The predicted molar refractivity (Wildman–Crippen MR) is 96.0 cm³/mol. The lowest BCUT2D eigenvalue weighted by Gasteiger charge is -2.18. The summed E-state index contributed by atoms with van der Waals surface area (Å²) in [6.07, 6.45) is 2.26. The molecule has 7 heteroatoms. The van der Waals surface area contributed by atoms with Crippen LogP contribution in [0.2, 0.25) is 0 Å². The van der Waals surface area contributed by atoms with E-state index < -0.39 is 0 Å². The van der Waals surface area contributed by atoms with Crippen LogP contribution in [0.5, 0.6) is 0 Å². The molecule has 1 aliphatic rings. The summed E-state index contributed by atoms with van der Waals surface area (Å²) >= 11 is 0. The molecule has 1 aliphatic heterocycles. The van der Waals surface area contributed by atoms with Crippen molar-refractivity contribution in [3.05, 3.63) is 59.9 Å². The summed E-state index contributed by atoms with van der Waals surface area (Å²) in [5.41, 5.74) is 2.29. The highest BCUT2D eigenvalue weighted by molar-refractivity contribution is 6.01. The van der Waals surface area contributed by atoms with E-state index >= 15 is 0 Å². The first-order chi connectivity index (χ1) is 12.5. The van der Waals surface area contributed by atoms with Gasteiger partial charge >= 0.3 is 6.03 Å². The van der Waals surface area contributed by atoms with Gasteiger partial charge in [0, 0.05) is 31.8 Å². The number of carbonyl (C=O) groups is 3. The van der Waals surface area contributed by atoms with Gasteiger partial charge in [-0.25, -0.2) is 4.79 Å². The van der Waals surface area contributed by atoms with Crippen LogP contribution >= 0.6 is 0 Å². The number of nitrogens with zero attached hydrogens (tertiary/aromatic N) is 3. The van der Waals surface area contributed by atoms with Crippen LogP contribution in [0.4, 0.5) is 10.5 Å². The molecule has 7 nitrogen and oxygen atoms in total. The molecule has 1 saturated heterocycles. The van der Waals surface area contributed by atoms with Crippen LogP contribution in [0.25, 0.3) is 0 Å². The number of likely N-dealkylation sites (tertiary alicyclic amines) is 1. The Morgan fingerprint density at radius 3 is 2.42 bits per heavy atom. The summed E-state index contributed by atoms with van der Waals surface area (Å²) in [5.74, 6) is -0.271. The van der Waals surface area contributed by atoms with E-state index in [0.717, 1.165) is 11.3 Å². The molecule has 0 spiro atoms. The number of hydrogen-bond donors (Lipinski definition) is 1. The first-order valence-corrected chi connectivity index (χ1v) is 8.37. The second kappa shape index (κ2) is 7.77. The number of amides is 4. The monoisotopic (exact) mass is 352 g/mol. The molecule has 3 rings (SSSR count). The highest BCUT2D eigenvalue weighted by Crippen LogP contribution is 2.17. The molecule has 2 heterocycles. The fourth-order valence-electron chi connectivity index (χ4n) is 2.70. The van der Waals surface area contributed by atoms with Gasteiger partial charge in [-0.1, -0.05) is 18.2 Å². The van der Waals surface area contributed by atoms with Crippen LogP contribution in [-0.4, -0.2) is 39.7 Å². The normalized spacial score (nSPS) is 13.8. The van der Waals surface area contributed by atoms with Crippen LogP contribution in [0.15, 0.2) is 48.7 Å². The molecule has 2 aromatic rings. The van der Waals surface area contributed by atoms with Gasteiger partial charge in [0.25, 0.3) is 0 Å². The van der Waals surface area contributed by atoms with Gasteiger partial charge in [0.1, 0.15) is 0 Å². The number of benzene rings is 1. The number of aromatic nitrogens is 1. The Morgan fingerprint density at radius 1 is 1.12 bits per heavy atom. The Balaban J connectivity index is 1.56. The van der Waals surface area contributed by atoms with E-state index in [0.29, 0.717) is 12.2 Å². The minimum absolute atomic E-state index is 0.136. The van der Waals surface area contributed by atoms with Crippen molar-refractivity contribution < 1.29 is 14.4 Å². The lowest BCUT2D eigenvalue weighted by molar-refractivity contribution is -0.139. The number of urea groups is 1. The Kier molecular flexibility index (Phi) is 5.26. The standard InChI is InChI=1S/C19H20N4O3/c1-22(13-16-4-2-3-11-20-16)19(26)21-15-7-5-14(6-8-15)12-23-17(24)9-10-18(23)25/h2-8,11H,9-10,12-13H2,1H3,(H,21,26). The number of hydrogen-bond acceptors (Lipinski definition) is 4. The van der Waals surface area contributed by atoms with Gasteiger partial charge in [-0.2, -0.15) is 0 Å². The van der Waals surface area contributed by atoms with Crippen LogP contribution in [0.1, 0.15) is 24.1 Å². The molecule has 1 fully saturated rings. The van der Waals surface area contributed by atoms with Gasteiger partial charge < -0.3 is 10.2 Å². The quantitative estimate of drug-likeness (QED) is 0.838. The fourth-order valence-corrected chi connectivity index (χ4v) is 2.70. The average Bonchev–Trinajstić information content (AvgIpc) is 2.96. The molecule has 1 N–H and O–H groups in total. The van der Waals surface area contributed by atoms with Crippen molar-refractivity contribution in [2.75, 3.05) is 12.4 Å². The maximum Gasteiger partial charge on any atom is 0.321 e. The molecule has 134 valence electrons. The molecule has 0 unspecified atom stereocenters. The molecule has 0 radical (unpaired) electrons. The zero-order valence-electron chi connectivity index (χ0n) is 14.5. The Bertz CT molecular complexity index is 789. The van der Waals surface area contributed by atoms with Crippen molar-refractivity contribution >= 4 is 23.5 Å². The summed E-state index contributed by atoms with van der Waals surface area (Å²) < 4.78 is 0. The molecule has 4 amide bonds. The second-order valence-electron chi connectivity index (χ2n) is 6.18. The predicted octanol–water partition coefficient (Wildman–Crippen LogP) is 2.39. The van der Waals surface area contributed by atoms with E-state index in [4.69, 9.17) is 0 Å². The van der Waals surface area contributed by atoms with E-state index in [1.807, 2.05) is 18.2 Å². The molecule has 0 aliphatic carbocycles. The smallest absolute Gasteiger partial charge is 0.321 e. The number of carbonyl (C=O) groups excluding carboxylic acids is 3. The first-order valence-electron chi connectivity index (χ1n) is 8.37. The van der Waals surface area contributed by atoms with E-state index in [9.17, 15) is 14.4 Å². The molecule has 0 atom stereocenters. The molecule has 0 bridgehead atoms. The van der Waals surface area contributed by atoms with Crippen LogP contribution in [-0.2, 0) is 22.7 Å². The van der Waals surface area contributed by atoms with Crippen LogP contribution in [0, 0.1) is 0 Å². The van der Waals surface area contributed by atoms with Crippen molar-refractivity contribution in [2.45, 2.75) is 25.9 Å². The second-order valence-corrected chi connectivity index (χ2v) is 6.18. The third-order valence-corrected chi connectivity index (χ3v) is 4.17. The van der Waals surface area contributed by atoms with E-state index in [1.54, 1.807) is 37.5 Å². The maximum absolute atomic E-state index is 12.3. The van der Waals surface area contributed by atoms with Crippen molar-refractivity contribution in [3.63, 3.8) is 0 Å². The summed E-state index contributed by atoms with van der Waals surface area (Å²) in [6, 6.07) is 12.4. The highest BCUT2D eigenvalue weighted by atomic mass is 16.2. The Labute approximate surface area is 151 Å². The van der Waals surface area contributed by atoms with Gasteiger partial charge in [-0.15, -0.1) is 0 Å². The number of pyridine rings is 1. The number of imide groups is 1. The van der Waals surface area contributed by atoms with Gasteiger partial charge in [-0.3, -0.25) is 19.5 Å². The third kappa shape index (κ3) is 4.24. The molecule has 1 aromatic heterocycles. The number of nitrogens with one attached hydrogen (secondary N) is 1. The molecular weight excluding hydrogens is 332 g/mol. The van der Waals surface area contributed by atoms with E-state index in [2.05, 4.69) is 10.3 Å². The zero-order chi connectivity index (χ0) is 18.5. The fraction of sp³-hybridized carbons (Fsp3) is 0.263. The van der Waals surface area contributed by atoms with Crippen LogP contribution in [0.3, 0.4) is 0 Å². The molecule has 26 heavy (non-hydrogen) atoms. The Morgan fingerprint density at radius 2 is 1.81 bits per heavy atom. The summed E-state index contributed by atoms with van der Waals surface area (Å²) in [6.45, 7) is 0.676. The lowest BCUT2D eigenvalue weighted by atomic mass is 10.2. The summed E-state index contributed by atoms with van der Waals surface area (Å²) in [4.78, 5) is 42.6. The minimum atomic E-state index is -0.242. The SMILES string of the molecule is CN(Cc1ccccn1)C(=O)Nc1ccc(CN2C(=O)CCC2=O)cc1. The minimum Gasteiger partial charge on any atom is -0.322 e. The van der Waals surface area contributed by atoms with Gasteiger partial charge in [0.15, 0.2) is 0 Å². The highest BCUT2D eigenvalue weighted by Gasteiger charge is 2.28. The number of rotatable bonds is 5. The zero-order valence-corrected chi connectivity index (χ0v) is 14.5. The van der Waals surface area contributed by atoms with Crippen molar-refractivity contribution in [2.24, 2.45) is 0 Å². The average molecular weight is 352 g/mol. The summed E-state index contributed by atoms with van der Waals surface area (Å²) in [5, 5.41) is 2.81. The van der Waals surface area contributed by atoms with Crippen molar-refractivity contribution in [1.82, 2.24) is 14.8 Å². The molecule has 1 aromatic carbocycles. The lowest BCUT2D eigenvalue weighted by Crippen LogP contribution is -2.31. The third-order valence-electron chi connectivity index (χ3n) is 4.17. The number of anilines is 1. The molecular formula is C19H20N4O3. The van der Waals surface area contributed by atoms with Gasteiger partial charge in [-0.05, 0) is 29.8 Å².